The molecule has 1 aliphatic heterocycles. The van der Waals surface area contributed by atoms with E-state index in [0.717, 1.165) is 43.8 Å². The highest BCUT2D eigenvalue weighted by atomic mass is 32.1. The number of carbonyl (C=O) groups excluding carboxylic acids is 1. The Hall–Kier alpha value is -2.69. The molecule has 0 spiro atoms. The van der Waals surface area contributed by atoms with Crippen molar-refractivity contribution in [3.05, 3.63) is 58.3 Å². The number of halogens is 3. The van der Waals surface area contributed by atoms with Gasteiger partial charge in [0.2, 0.25) is 0 Å². The summed E-state index contributed by atoms with van der Waals surface area (Å²) in [6, 6.07) is 6.22. The maximum Gasteiger partial charge on any atom is 0.416 e. The number of benzene rings is 1. The first-order valence-corrected chi connectivity index (χ1v) is 11.0. The molecule has 10 heteroatoms. The number of piperidine rings is 1. The van der Waals surface area contributed by atoms with E-state index in [1.54, 1.807) is 6.92 Å². The Morgan fingerprint density at radius 1 is 1.31 bits per heavy atom. The maximum absolute atomic E-state index is 13.0. The third kappa shape index (κ3) is 5.20. The lowest BCUT2D eigenvalue weighted by Gasteiger charge is -2.28. The number of hydrogen-bond acceptors (Lipinski definition) is 6. The molecule has 32 heavy (non-hydrogen) atoms. The van der Waals surface area contributed by atoms with Gasteiger partial charge in [-0.25, -0.2) is 4.98 Å². The van der Waals surface area contributed by atoms with E-state index in [2.05, 4.69) is 15.2 Å². The Morgan fingerprint density at radius 2 is 2.06 bits per heavy atom. The second kappa shape index (κ2) is 9.05. The molecule has 4 rings (SSSR count). The van der Waals surface area contributed by atoms with E-state index >= 15 is 0 Å². The van der Waals surface area contributed by atoms with Gasteiger partial charge in [0, 0.05) is 30.6 Å². The van der Waals surface area contributed by atoms with Gasteiger partial charge in [-0.1, -0.05) is 12.1 Å². The number of hydrogen-bond donors (Lipinski definition) is 2. The normalized spacial score (nSPS) is 15.8. The van der Waals surface area contributed by atoms with Crippen LogP contribution in [0.4, 0.5) is 18.3 Å². The Morgan fingerprint density at radius 3 is 2.78 bits per heavy atom. The Labute approximate surface area is 186 Å². The van der Waals surface area contributed by atoms with Gasteiger partial charge in [0.15, 0.2) is 5.13 Å². The number of likely N-dealkylation sites (tertiary alicyclic amines) is 1. The standard InChI is InChI=1S/C22H22F3N3O3S/c1-13-18(10-19(31-13)14-3-2-4-15(9-14)22(23,24)25)20(30)27-21-26-16(12-32-21)11-28-7-5-17(29)6-8-28/h2-4,9-10,12,17,29H,5-8,11H2,1H3,(H,26,27,30). The third-order valence-corrected chi connectivity index (χ3v) is 6.16. The molecule has 2 aromatic heterocycles. The van der Waals surface area contributed by atoms with Crippen LogP contribution < -0.4 is 5.32 Å². The van der Waals surface area contributed by atoms with Crippen LogP contribution in [0.2, 0.25) is 0 Å². The zero-order valence-electron chi connectivity index (χ0n) is 17.3. The van der Waals surface area contributed by atoms with E-state index in [1.807, 2.05) is 5.38 Å². The van der Waals surface area contributed by atoms with E-state index in [-0.39, 0.29) is 23.0 Å². The first kappa shape index (κ1) is 22.5. The van der Waals surface area contributed by atoms with Crippen LogP contribution in [0.5, 0.6) is 0 Å². The molecule has 3 aromatic rings. The van der Waals surface area contributed by atoms with Crippen molar-refractivity contribution < 1.29 is 27.5 Å². The molecule has 0 saturated carbocycles. The predicted molar refractivity (Wildman–Crippen MR) is 114 cm³/mol. The van der Waals surface area contributed by atoms with E-state index in [4.69, 9.17) is 4.42 Å². The lowest BCUT2D eigenvalue weighted by Crippen LogP contribution is -2.35. The van der Waals surface area contributed by atoms with Crippen molar-refractivity contribution in [1.82, 2.24) is 9.88 Å². The fourth-order valence-corrected chi connectivity index (χ4v) is 4.30. The van der Waals surface area contributed by atoms with Gasteiger partial charge in [-0.2, -0.15) is 13.2 Å². The van der Waals surface area contributed by atoms with Crippen molar-refractivity contribution in [2.24, 2.45) is 0 Å². The fraction of sp³-hybridized carbons (Fsp3) is 0.364. The van der Waals surface area contributed by atoms with Crippen LogP contribution in [0.3, 0.4) is 0 Å². The maximum atomic E-state index is 13.0. The fourth-order valence-electron chi connectivity index (χ4n) is 3.61. The molecule has 170 valence electrons. The molecule has 1 fully saturated rings. The zero-order chi connectivity index (χ0) is 22.9. The smallest absolute Gasteiger partial charge is 0.416 e. The van der Waals surface area contributed by atoms with Gasteiger partial charge in [0.05, 0.1) is 22.9 Å². The van der Waals surface area contributed by atoms with Gasteiger partial charge in [0.1, 0.15) is 11.5 Å². The lowest BCUT2D eigenvalue weighted by atomic mass is 10.1. The van der Waals surface area contributed by atoms with Gasteiger partial charge in [-0.3, -0.25) is 15.0 Å². The van der Waals surface area contributed by atoms with Crippen LogP contribution in [0.15, 0.2) is 40.1 Å². The molecule has 1 amide bonds. The number of rotatable bonds is 5. The highest BCUT2D eigenvalue weighted by molar-refractivity contribution is 7.14. The molecular formula is C22H22F3N3O3S. The average molecular weight is 465 g/mol. The van der Waals surface area contributed by atoms with Gasteiger partial charge in [-0.05, 0) is 38.0 Å². The third-order valence-electron chi connectivity index (χ3n) is 5.35. The number of amides is 1. The Balaban J connectivity index is 1.44. The van der Waals surface area contributed by atoms with Crippen molar-refractivity contribution in [2.45, 2.75) is 38.6 Å². The SMILES string of the molecule is Cc1oc(-c2cccc(C(F)(F)F)c2)cc1C(=O)Nc1nc(CN2CCC(O)CC2)cs1. The highest BCUT2D eigenvalue weighted by Gasteiger charge is 2.31. The average Bonchev–Trinajstić information content (AvgIpc) is 3.35. The lowest BCUT2D eigenvalue weighted by molar-refractivity contribution is -0.137. The summed E-state index contributed by atoms with van der Waals surface area (Å²) in [4.78, 5) is 19.4. The summed E-state index contributed by atoms with van der Waals surface area (Å²) < 4.78 is 44.5. The number of furan rings is 1. The number of aromatic nitrogens is 1. The topological polar surface area (TPSA) is 78.6 Å². The predicted octanol–water partition coefficient (Wildman–Crippen LogP) is 4.94. The van der Waals surface area contributed by atoms with Crippen LogP contribution in [0.1, 0.15) is 40.2 Å². The van der Waals surface area contributed by atoms with Crippen molar-refractivity contribution in [2.75, 3.05) is 18.4 Å². The summed E-state index contributed by atoms with van der Waals surface area (Å²) >= 11 is 1.30. The molecule has 1 aromatic carbocycles. The van der Waals surface area contributed by atoms with Crippen LogP contribution in [-0.2, 0) is 12.7 Å². The van der Waals surface area contributed by atoms with Gasteiger partial charge >= 0.3 is 6.18 Å². The number of aliphatic hydroxyl groups is 1. The van der Waals surface area contributed by atoms with E-state index in [0.29, 0.717) is 17.4 Å². The molecule has 0 radical (unpaired) electrons. The molecule has 2 N–H and O–H groups in total. The zero-order valence-corrected chi connectivity index (χ0v) is 18.1. The number of carbonyl (C=O) groups is 1. The molecule has 6 nitrogen and oxygen atoms in total. The highest BCUT2D eigenvalue weighted by Crippen LogP contribution is 2.33. The summed E-state index contributed by atoms with van der Waals surface area (Å²) in [7, 11) is 0. The van der Waals surface area contributed by atoms with Crippen LogP contribution in [0.25, 0.3) is 11.3 Å². The van der Waals surface area contributed by atoms with Gasteiger partial charge in [-0.15, -0.1) is 11.3 Å². The quantitative estimate of drug-likeness (QED) is 0.558. The number of alkyl halides is 3. The summed E-state index contributed by atoms with van der Waals surface area (Å²) in [5.41, 5.74) is 0.521. The minimum Gasteiger partial charge on any atom is -0.461 e. The Kier molecular flexibility index (Phi) is 6.36. The second-order valence-corrected chi connectivity index (χ2v) is 8.62. The molecule has 0 unspecified atom stereocenters. The van der Waals surface area contributed by atoms with Gasteiger partial charge in [0.25, 0.3) is 5.91 Å². The van der Waals surface area contributed by atoms with Crippen molar-refractivity contribution >= 4 is 22.4 Å². The van der Waals surface area contributed by atoms with E-state index < -0.39 is 17.6 Å². The van der Waals surface area contributed by atoms with Crippen LogP contribution in [0, 0.1) is 6.92 Å². The monoisotopic (exact) mass is 465 g/mol. The largest absolute Gasteiger partial charge is 0.461 e. The number of aliphatic hydroxyl groups excluding tert-OH is 1. The molecule has 0 atom stereocenters. The number of nitrogens with one attached hydrogen (secondary N) is 1. The number of aryl methyl sites for hydroxylation is 1. The van der Waals surface area contributed by atoms with Crippen molar-refractivity contribution in [1.29, 1.82) is 0 Å². The molecule has 0 aliphatic carbocycles. The molecule has 1 aliphatic rings. The van der Waals surface area contributed by atoms with Crippen molar-refractivity contribution in [3.63, 3.8) is 0 Å². The molecular weight excluding hydrogens is 443 g/mol. The minimum atomic E-state index is -4.46. The summed E-state index contributed by atoms with van der Waals surface area (Å²) in [5, 5.41) is 14.6. The number of nitrogens with zero attached hydrogens (tertiary/aromatic N) is 2. The number of anilines is 1. The van der Waals surface area contributed by atoms with E-state index in [1.165, 1.54) is 29.5 Å². The van der Waals surface area contributed by atoms with Crippen LogP contribution >= 0.6 is 11.3 Å². The summed E-state index contributed by atoms with van der Waals surface area (Å²) in [5.74, 6) is 0.0518. The van der Waals surface area contributed by atoms with Crippen molar-refractivity contribution in [3.8, 4) is 11.3 Å². The number of thiazole rings is 1. The summed E-state index contributed by atoms with van der Waals surface area (Å²) in [6.45, 7) is 3.83. The van der Waals surface area contributed by atoms with E-state index in [9.17, 15) is 23.1 Å². The molecule has 0 bridgehead atoms. The first-order chi connectivity index (χ1) is 15.2. The second-order valence-electron chi connectivity index (χ2n) is 7.76. The minimum absolute atomic E-state index is 0.186. The van der Waals surface area contributed by atoms with Crippen LogP contribution in [-0.4, -0.2) is 40.1 Å². The molecule has 1 saturated heterocycles. The Bertz CT molecular complexity index is 1100. The molecule has 3 heterocycles. The first-order valence-electron chi connectivity index (χ1n) is 10.1. The van der Waals surface area contributed by atoms with Gasteiger partial charge < -0.3 is 9.52 Å². The summed E-state index contributed by atoms with van der Waals surface area (Å²) in [6.07, 6.45) is -3.23.